The number of nitrogens with zero attached hydrogens (tertiary/aromatic N) is 2. The van der Waals surface area contributed by atoms with Gasteiger partial charge in [0.15, 0.2) is 0 Å². The first-order chi connectivity index (χ1) is 6.84. The molecule has 1 aromatic rings. The predicted molar refractivity (Wildman–Crippen MR) is 54.3 cm³/mol. The third-order valence-electron chi connectivity index (χ3n) is 2.26. The summed E-state index contributed by atoms with van der Waals surface area (Å²) in [5.74, 6) is 0. The van der Waals surface area contributed by atoms with Crippen molar-refractivity contribution in [2.24, 2.45) is 7.05 Å². The van der Waals surface area contributed by atoms with Crippen LogP contribution in [-0.4, -0.2) is 42.1 Å². The Balaban J connectivity index is 1.76. The number of rotatable bonds is 3. The number of aromatic nitrogens is 2. The van der Waals surface area contributed by atoms with Gasteiger partial charge in [-0.1, -0.05) is 0 Å². The van der Waals surface area contributed by atoms with E-state index in [2.05, 4.69) is 15.7 Å². The van der Waals surface area contributed by atoms with E-state index in [1.165, 1.54) is 0 Å². The third kappa shape index (κ3) is 2.46. The van der Waals surface area contributed by atoms with Gasteiger partial charge in [0.25, 0.3) is 0 Å². The minimum Gasteiger partial charge on any atom is -0.381 e. The van der Waals surface area contributed by atoms with Crippen LogP contribution in [0.25, 0.3) is 0 Å². The van der Waals surface area contributed by atoms with E-state index in [4.69, 9.17) is 4.74 Å². The summed E-state index contributed by atoms with van der Waals surface area (Å²) < 4.78 is 7.14. The molecular formula is C9H16N4O. The van der Waals surface area contributed by atoms with Crippen LogP contribution in [0.2, 0.25) is 0 Å². The van der Waals surface area contributed by atoms with Crippen LogP contribution in [0.3, 0.4) is 0 Å². The van der Waals surface area contributed by atoms with Crippen molar-refractivity contribution in [3.63, 3.8) is 0 Å². The number of aryl methyl sites for hydroxylation is 1. The van der Waals surface area contributed by atoms with Crippen LogP contribution in [0.5, 0.6) is 0 Å². The molecule has 2 rings (SSSR count). The summed E-state index contributed by atoms with van der Waals surface area (Å²) in [5, 5.41) is 10.8. The van der Waals surface area contributed by atoms with Gasteiger partial charge in [0.2, 0.25) is 0 Å². The lowest BCUT2D eigenvalue weighted by molar-refractivity contribution is 0.0806. The molecule has 1 aromatic heterocycles. The van der Waals surface area contributed by atoms with E-state index in [9.17, 15) is 0 Å². The van der Waals surface area contributed by atoms with E-state index in [0.29, 0.717) is 6.04 Å². The quantitative estimate of drug-likeness (QED) is 0.704. The lowest BCUT2D eigenvalue weighted by atomic mass is 10.3. The van der Waals surface area contributed by atoms with Gasteiger partial charge in [0.1, 0.15) is 0 Å². The molecule has 0 bridgehead atoms. The molecule has 0 saturated carbocycles. The van der Waals surface area contributed by atoms with Crippen LogP contribution < -0.4 is 10.6 Å². The minimum atomic E-state index is 0.406. The molecule has 0 aliphatic carbocycles. The lowest BCUT2D eigenvalue weighted by Gasteiger charge is -2.23. The zero-order valence-electron chi connectivity index (χ0n) is 8.36. The van der Waals surface area contributed by atoms with Gasteiger partial charge in [0.05, 0.1) is 25.1 Å². The van der Waals surface area contributed by atoms with Gasteiger partial charge in [-0.2, -0.15) is 5.10 Å². The fraction of sp³-hybridized carbons (Fsp3) is 0.667. The van der Waals surface area contributed by atoms with E-state index in [1.54, 1.807) is 4.68 Å². The van der Waals surface area contributed by atoms with Gasteiger partial charge >= 0.3 is 0 Å². The summed E-state index contributed by atoms with van der Waals surface area (Å²) >= 11 is 0. The average molecular weight is 196 g/mol. The van der Waals surface area contributed by atoms with Gasteiger partial charge in [-0.25, -0.2) is 0 Å². The van der Waals surface area contributed by atoms with Crippen molar-refractivity contribution in [2.45, 2.75) is 6.04 Å². The SMILES string of the molecule is Cn1cc(NCC2COCCN2)cn1. The second-order valence-corrected chi connectivity index (χ2v) is 3.51. The third-order valence-corrected chi connectivity index (χ3v) is 2.26. The highest BCUT2D eigenvalue weighted by atomic mass is 16.5. The molecule has 0 spiro atoms. The second kappa shape index (κ2) is 4.43. The van der Waals surface area contributed by atoms with Crippen molar-refractivity contribution < 1.29 is 4.74 Å². The number of hydrogen-bond donors (Lipinski definition) is 2. The van der Waals surface area contributed by atoms with E-state index < -0.39 is 0 Å². The molecule has 1 fully saturated rings. The zero-order chi connectivity index (χ0) is 9.80. The Hall–Kier alpha value is -1.07. The van der Waals surface area contributed by atoms with Crippen molar-refractivity contribution >= 4 is 5.69 Å². The van der Waals surface area contributed by atoms with Gasteiger partial charge in [0, 0.05) is 32.4 Å². The highest BCUT2D eigenvalue weighted by molar-refractivity contribution is 5.38. The minimum absolute atomic E-state index is 0.406. The predicted octanol–water partition coefficient (Wildman–Crippen LogP) is -0.180. The smallest absolute Gasteiger partial charge is 0.0726 e. The normalized spacial score (nSPS) is 22.2. The largest absolute Gasteiger partial charge is 0.381 e. The summed E-state index contributed by atoms with van der Waals surface area (Å²) in [6.07, 6.45) is 3.79. The fourth-order valence-electron chi connectivity index (χ4n) is 1.50. The number of nitrogens with one attached hydrogen (secondary N) is 2. The molecule has 2 heterocycles. The van der Waals surface area contributed by atoms with E-state index >= 15 is 0 Å². The average Bonchev–Trinajstić information content (AvgIpc) is 2.63. The molecule has 0 radical (unpaired) electrons. The van der Waals surface area contributed by atoms with Gasteiger partial charge in [-0.05, 0) is 0 Å². The molecule has 14 heavy (non-hydrogen) atoms. The first kappa shape index (κ1) is 9.48. The molecule has 0 aromatic carbocycles. The molecule has 1 unspecified atom stereocenters. The van der Waals surface area contributed by atoms with E-state index in [1.807, 2.05) is 19.4 Å². The summed E-state index contributed by atoms with van der Waals surface area (Å²) in [6.45, 7) is 3.43. The Kier molecular flexibility index (Phi) is 3.00. The number of ether oxygens (including phenoxy) is 1. The van der Waals surface area contributed by atoms with E-state index in [-0.39, 0.29) is 0 Å². The number of hydrogen-bond acceptors (Lipinski definition) is 4. The molecule has 78 valence electrons. The maximum Gasteiger partial charge on any atom is 0.0726 e. The molecular weight excluding hydrogens is 180 g/mol. The van der Waals surface area contributed by atoms with Crippen LogP contribution in [0.15, 0.2) is 12.4 Å². The fourth-order valence-corrected chi connectivity index (χ4v) is 1.50. The number of morpholine rings is 1. The topological polar surface area (TPSA) is 51.1 Å². The van der Waals surface area contributed by atoms with E-state index in [0.717, 1.165) is 32.0 Å². The van der Waals surface area contributed by atoms with Crippen LogP contribution >= 0.6 is 0 Å². The van der Waals surface area contributed by atoms with Crippen molar-refractivity contribution in [1.29, 1.82) is 0 Å². The van der Waals surface area contributed by atoms with Crippen molar-refractivity contribution in [1.82, 2.24) is 15.1 Å². The Morgan fingerprint density at radius 1 is 1.79 bits per heavy atom. The summed E-state index contributed by atoms with van der Waals surface area (Å²) in [7, 11) is 1.91. The lowest BCUT2D eigenvalue weighted by Crippen LogP contribution is -2.45. The Morgan fingerprint density at radius 3 is 3.36 bits per heavy atom. The highest BCUT2D eigenvalue weighted by Crippen LogP contribution is 2.03. The Labute approximate surface area is 83.4 Å². The summed E-state index contributed by atoms with van der Waals surface area (Å²) in [4.78, 5) is 0. The first-order valence-corrected chi connectivity index (χ1v) is 4.88. The van der Waals surface area contributed by atoms with Gasteiger partial charge < -0.3 is 15.4 Å². The molecule has 1 aliphatic rings. The van der Waals surface area contributed by atoms with Crippen molar-refractivity contribution in [2.75, 3.05) is 31.6 Å². The zero-order valence-corrected chi connectivity index (χ0v) is 8.36. The molecule has 5 nitrogen and oxygen atoms in total. The molecule has 1 aliphatic heterocycles. The molecule has 2 N–H and O–H groups in total. The monoisotopic (exact) mass is 196 g/mol. The van der Waals surface area contributed by atoms with Crippen LogP contribution in [-0.2, 0) is 11.8 Å². The highest BCUT2D eigenvalue weighted by Gasteiger charge is 2.12. The Bertz CT molecular complexity index is 280. The van der Waals surface area contributed by atoms with Crippen LogP contribution in [0.4, 0.5) is 5.69 Å². The summed E-state index contributed by atoms with van der Waals surface area (Å²) in [5.41, 5.74) is 1.06. The first-order valence-electron chi connectivity index (χ1n) is 4.88. The number of anilines is 1. The van der Waals surface area contributed by atoms with Gasteiger partial charge in [-0.15, -0.1) is 0 Å². The van der Waals surface area contributed by atoms with Crippen LogP contribution in [0, 0.1) is 0 Å². The maximum atomic E-state index is 5.35. The molecule has 1 atom stereocenters. The van der Waals surface area contributed by atoms with Gasteiger partial charge in [-0.3, -0.25) is 4.68 Å². The van der Waals surface area contributed by atoms with Crippen molar-refractivity contribution in [3.05, 3.63) is 12.4 Å². The molecule has 1 saturated heterocycles. The summed E-state index contributed by atoms with van der Waals surface area (Å²) in [6, 6.07) is 0.406. The van der Waals surface area contributed by atoms with Crippen molar-refractivity contribution in [3.8, 4) is 0 Å². The second-order valence-electron chi connectivity index (χ2n) is 3.51. The van der Waals surface area contributed by atoms with Crippen LogP contribution in [0.1, 0.15) is 0 Å². The standard InChI is InChI=1S/C9H16N4O/c1-13-6-8(5-12-13)11-4-9-7-14-3-2-10-9/h5-6,9-11H,2-4,7H2,1H3. The Morgan fingerprint density at radius 2 is 2.71 bits per heavy atom. The maximum absolute atomic E-state index is 5.35. The molecule has 0 amide bonds. The molecule has 5 heteroatoms.